The molecule has 1 heterocycles. The van der Waals surface area contributed by atoms with Crippen molar-refractivity contribution in [3.05, 3.63) is 40.5 Å². The molecule has 1 N–H and O–H groups in total. The SMILES string of the molecule is COc1nc(N(C)C)sc1CN[C@H](C)c1cccc(F)c1. The number of aromatic nitrogens is 1. The van der Waals surface area contributed by atoms with Gasteiger partial charge >= 0.3 is 0 Å². The quantitative estimate of drug-likeness (QED) is 0.889. The van der Waals surface area contributed by atoms with E-state index in [2.05, 4.69) is 10.3 Å². The van der Waals surface area contributed by atoms with E-state index in [9.17, 15) is 4.39 Å². The lowest BCUT2D eigenvalue weighted by Gasteiger charge is -2.13. The van der Waals surface area contributed by atoms with E-state index in [1.807, 2.05) is 32.0 Å². The van der Waals surface area contributed by atoms with Crippen molar-refractivity contribution in [2.24, 2.45) is 0 Å². The van der Waals surface area contributed by atoms with Crippen LogP contribution >= 0.6 is 11.3 Å². The molecule has 4 nitrogen and oxygen atoms in total. The van der Waals surface area contributed by atoms with Crippen LogP contribution in [0.2, 0.25) is 0 Å². The Kier molecular flexibility index (Phi) is 5.14. The smallest absolute Gasteiger partial charge is 0.230 e. The van der Waals surface area contributed by atoms with Crippen molar-refractivity contribution in [2.45, 2.75) is 19.5 Å². The highest BCUT2D eigenvalue weighted by Gasteiger charge is 2.14. The highest BCUT2D eigenvalue weighted by molar-refractivity contribution is 7.15. The maximum Gasteiger partial charge on any atom is 0.230 e. The van der Waals surface area contributed by atoms with Gasteiger partial charge in [0.25, 0.3) is 0 Å². The van der Waals surface area contributed by atoms with Gasteiger partial charge in [-0.3, -0.25) is 0 Å². The van der Waals surface area contributed by atoms with Crippen LogP contribution in [0.5, 0.6) is 5.88 Å². The van der Waals surface area contributed by atoms with E-state index in [0.29, 0.717) is 12.4 Å². The summed E-state index contributed by atoms with van der Waals surface area (Å²) in [6.45, 7) is 2.64. The summed E-state index contributed by atoms with van der Waals surface area (Å²) in [5, 5.41) is 4.28. The zero-order valence-electron chi connectivity index (χ0n) is 12.7. The molecule has 0 radical (unpaired) electrons. The summed E-state index contributed by atoms with van der Waals surface area (Å²) in [6.07, 6.45) is 0. The van der Waals surface area contributed by atoms with Crippen LogP contribution in [0.1, 0.15) is 23.4 Å². The van der Waals surface area contributed by atoms with Gasteiger partial charge in [-0.1, -0.05) is 23.5 Å². The number of halogens is 1. The van der Waals surface area contributed by atoms with Crippen LogP contribution in [-0.2, 0) is 6.54 Å². The lowest BCUT2D eigenvalue weighted by molar-refractivity contribution is 0.393. The molecule has 1 aromatic carbocycles. The van der Waals surface area contributed by atoms with Crippen molar-refractivity contribution in [3.8, 4) is 5.88 Å². The minimum absolute atomic E-state index is 0.0512. The first-order chi connectivity index (χ1) is 10.0. The first-order valence-corrected chi connectivity index (χ1v) is 7.52. The van der Waals surface area contributed by atoms with Crippen molar-refractivity contribution < 1.29 is 9.13 Å². The molecule has 0 saturated heterocycles. The van der Waals surface area contributed by atoms with Crippen LogP contribution < -0.4 is 15.0 Å². The lowest BCUT2D eigenvalue weighted by atomic mass is 10.1. The molecule has 0 aliphatic carbocycles. The fourth-order valence-corrected chi connectivity index (χ4v) is 2.83. The van der Waals surface area contributed by atoms with Gasteiger partial charge < -0.3 is 15.0 Å². The number of thiazole rings is 1. The van der Waals surface area contributed by atoms with E-state index >= 15 is 0 Å². The van der Waals surface area contributed by atoms with E-state index in [4.69, 9.17) is 4.74 Å². The fraction of sp³-hybridized carbons (Fsp3) is 0.400. The maximum absolute atomic E-state index is 13.2. The number of hydrogen-bond donors (Lipinski definition) is 1. The normalized spacial score (nSPS) is 12.2. The molecule has 0 aliphatic rings. The molecule has 0 spiro atoms. The largest absolute Gasteiger partial charge is 0.480 e. The Bertz CT molecular complexity index is 600. The topological polar surface area (TPSA) is 37.4 Å². The van der Waals surface area contributed by atoms with Crippen molar-refractivity contribution in [1.29, 1.82) is 0 Å². The van der Waals surface area contributed by atoms with Crippen LogP contribution in [-0.4, -0.2) is 26.2 Å². The monoisotopic (exact) mass is 309 g/mol. The highest BCUT2D eigenvalue weighted by Crippen LogP contribution is 2.30. The predicted molar refractivity (Wildman–Crippen MR) is 84.6 cm³/mol. The highest BCUT2D eigenvalue weighted by atomic mass is 32.1. The number of methoxy groups -OCH3 is 1. The van der Waals surface area contributed by atoms with E-state index in [1.54, 1.807) is 30.6 Å². The third-order valence-electron chi connectivity index (χ3n) is 3.14. The van der Waals surface area contributed by atoms with Crippen LogP contribution in [0.15, 0.2) is 24.3 Å². The lowest BCUT2D eigenvalue weighted by Crippen LogP contribution is -2.18. The molecule has 0 saturated carbocycles. The van der Waals surface area contributed by atoms with Crippen molar-refractivity contribution >= 4 is 16.5 Å². The number of rotatable bonds is 6. The molecule has 114 valence electrons. The second-order valence-corrected chi connectivity index (χ2v) is 6.04. The first-order valence-electron chi connectivity index (χ1n) is 6.71. The Morgan fingerprint density at radius 3 is 2.81 bits per heavy atom. The molecule has 0 fully saturated rings. The van der Waals surface area contributed by atoms with Crippen LogP contribution in [0.25, 0.3) is 0 Å². The average Bonchev–Trinajstić information content (AvgIpc) is 2.88. The molecule has 0 unspecified atom stereocenters. The van der Waals surface area contributed by atoms with Gasteiger partial charge in [-0.05, 0) is 24.6 Å². The zero-order valence-corrected chi connectivity index (χ0v) is 13.5. The number of nitrogens with one attached hydrogen (secondary N) is 1. The number of ether oxygens (including phenoxy) is 1. The average molecular weight is 309 g/mol. The number of hydrogen-bond acceptors (Lipinski definition) is 5. The molecular formula is C15H20FN3OS. The summed E-state index contributed by atoms with van der Waals surface area (Å²) in [4.78, 5) is 7.40. The minimum Gasteiger partial charge on any atom is -0.480 e. The summed E-state index contributed by atoms with van der Waals surface area (Å²) >= 11 is 1.59. The zero-order chi connectivity index (χ0) is 15.4. The second kappa shape index (κ2) is 6.87. The predicted octanol–water partition coefficient (Wildman–Crippen LogP) is 3.21. The molecule has 1 atom stereocenters. The summed E-state index contributed by atoms with van der Waals surface area (Å²) in [7, 11) is 5.52. The number of benzene rings is 1. The van der Waals surface area contributed by atoms with Gasteiger partial charge in [-0.15, -0.1) is 0 Å². The van der Waals surface area contributed by atoms with Gasteiger partial charge in [0.15, 0.2) is 5.13 Å². The summed E-state index contributed by atoms with van der Waals surface area (Å²) in [5.41, 5.74) is 0.923. The van der Waals surface area contributed by atoms with Gasteiger partial charge in [0.1, 0.15) is 5.82 Å². The van der Waals surface area contributed by atoms with Crippen molar-refractivity contribution in [1.82, 2.24) is 10.3 Å². The van der Waals surface area contributed by atoms with Crippen LogP contribution in [0.3, 0.4) is 0 Å². The fourth-order valence-electron chi connectivity index (χ4n) is 1.93. The summed E-state index contributed by atoms with van der Waals surface area (Å²) in [6, 6.07) is 6.68. The van der Waals surface area contributed by atoms with Gasteiger partial charge in [-0.2, -0.15) is 4.98 Å². The third-order valence-corrected chi connectivity index (χ3v) is 4.35. The number of anilines is 1. The third kappa shape index (κ3) is 3.92. The molecule has 21 heavy (non-hydrogen) atoms. The van der Waals surface area contributed by atoms with E-state index < -0.39 is 0 Å². The Labute approximate surface area is 128 Å². The Morgan fingerprint density at radius 1 is 1.43 bits per heavy atom. The second-order valence-electron chi connectivity index (χ2n) is 4.98. The maximum atomic E-state index is 13.2. The molecule has 2 rings (SSSR count). The molecule has 0 bridgehead atoms. The Morgan fingerprint density at radius 2 is 2.19 bits per heavy atom. The van der Waals surface area contributed by atoms with Gasteiger partial charge in [0.05, 0.1) is 12.0 Å². The van der Waals surface area contributed by atoms with Crippen molar-refractivity contribution in [2.75, 3.05) is 26.1 Å². The molecule has 0 aliphatic heterocycles. The molecular weight excluding hydrogens is 289 g/mol. The molecule has 0 amide bonds. The van der Waals surface area contributed by atoms with Gasteiger partial charge in [-0.25, -0.2) is 4.39 Å². The van der Waals surface area contributed by atoms with Crippen molar-refractivity contribution in [3.63, 3.8) is 0 Å². The van der Waals surface area contributed by atoms with E-state index in [-0.39, 0.29) is 11.9 Å². The van der Waals surface area contributed by atoms with E-state index in [1.165, 1.54) is 6.07 Å². The molecule has 6 heteroatoms. The minimum atomic E-state index is -0.216. The Balaban J connectivity index is 2.05. The van der Waals surface area contributed by atoms with Gasteiger partial charge in [0, 0.05) is 26.7 Å². The van der Waals surface area contributed by atoms with Gasteiger partial charge in [0.2, 0.25) is 5.88 Å². The van der Waals surface area contributed by atoms with Crippen LogP contribution in [0, 0.1) is 5.82 Å². The summed E-state index contributed by atoms with van der Waals surface area (Å²) in [5.74, 6) is 0.425. The Hall–Kier alpha value is -1.66. The molecule has 1 aromatic heterocycles. The van der Waals surface area contributed by atoms with Crippen LogP contribution in [0.4, 0.5) is 9.52 Å². The first kappa shape index (κ1) is 15.7. The summed E-state index contributed by atoms with van der Waals surface area (Å²) < 4.78 is 18.5. The van der Waals surface area contributed by atoms with E-state index in [0.717, 1.165) is 15.6 Å². The number of nitrogens with zero attached hydrogens (tertiary/aromatic N) is 2. The molecule has 2 aromatic rings. The standard InChI is InChI=1S/C15H20FN3OS/c1-10(11-6-5-7-12(16)8-11)17-9-13-14(20-4)18-15(21-13)19(2)3/h5-8,10,17H,9H2,1-4H3/t10-/m1/s1.